The molecule has 0 bridgehead atoms. The number of carbonyl (C=O) groups excluding carboxylic acids is 2. The van der Waals surface area contributed by atoms with Crippen molar-refractivity contribution in [2.45, 2.75) is 20.8 Å². The molecule has 0 saturated carbocycles. The van der Waals surface area contributed by atoms with Crippen molar-refractivity contribution in [2.24, 2.45) is 12.5 Å². The third kappa shape index (κ3) is 3.28. The van der Waals surface area contributed by atoms with Crippen LogP contribution < -0.4 is 5.32 Å². The van der Waals surface area contributed by atoms with E-state index < -0.39 is 5.41 Å². The first-order valence-electron chi connectivity index (χ1n) is 7.98. The second-order valence-electron chi connectivity index (χ2n) is 7.03. The first-order chi connectivity index (χ1) is 11.8. The summed E-state index contributed by atoms with van der Waals surface area (Å²) in [4.78, 5) is 27.6. The minimum absolute atomic E-state index is 0.0718. The Balaban J connectivity index is 1.99. The Morgan fingerprint density at radius 2 is 1.92 bits per heavy atom. The van der Waals surface area contributed by atoms with Crippen molar-refractivity contribution in [3.8, 4) is 11.1 Å². The molecule has 0 aliphatic heterocycles. The van der Waals surface area contributed by atoms with Crippen LogP contribution in [0.5, 0.6) is 0 Å². The minimum atomic E-state index is -0.483. The highest BCUT2D eigenvalue weighted by molar-refractivity contribution is 5.98. The quantitative estimate of drug-likeness (QED) is 0.743. The number of nitrogens with one attached hydrogen (secondary N) is 1. The standard InChI is InChI=1S/C19H20N4O2/c1-19(2,3)18(25)21-14-7-13(9-20-10-14)12-5-6-17-15(8-12)16(11-24)22-23(17)4/h5-11H,1-4H3,(H,21,25). The smallest absolute Gasteiger partial charge is 0.229 e. The molecule has 6 nitrogen and oxygen atoms in total. The zero-order valence-electron chi connectivity index (χ0n) is 14.7. The molecule has 1 amide bonds. The summed E-state index contributed by atoms with van der Waals surface area (Å²) in [6.45, 7) is 5.57. The normalized spacial score (nSPS) is 11.5. The Kier molecular flexibility index (Phi) is 4.12. The molecule has 0 fully saturated rings. The third-order valence-corrected chi connectivity index (χ3v) is 4.00. The summed E-state index contributed by atoms with van der Waals surface area (Å²) in [6.07, 6.45) is 4.10. The van der Waals surface area contributed by atoms with Crippen LogP contribution in [0.1, 0.15) is 31.3 Å². The van der Waals surface area contributed by atoms with Crippen molar-refractivity contribution < 1.29 is 9.59 Å². The molecule has 6 heteroatoms. The van der Waals surface area contributed by atoms with Gasteiger partial charge in [-0.2, -0.15) is 5.10 Å². The molecule has 0 spiro atoms. The fourth-order valence-corrected chi connectivity index (χ4v) is 2.54. The number of fused-ring (bicyclic) bond motifs is 1. The highest BCUT2D eigenvalue weighted by Crippen LogP contribution is 2.27. The van der Waals surface area contributed by atoms with Crippen LogP contribution in [0.3, 0.4) is 0 Å². The zero-order chi connectivity index (χ0) is 18.2. The molecule has 0 aliphatic carbocycles. The van der Waals surface area contributed by atoms with E-state index in [1.165, 1.54) is 0 Å². The van der Waals surface area contributed by atoms with Gasteiger partial charge in [0, 0.05) is 29.6 Å². The van der Waals surface area contributed by atoms with Crippen molar-refractivity contribution in [2.75, 3.05) is 5.32 Å². The van der Waals surface area contributed by atoms with Crippen molar-refractivity contribution in [3.63, 3.8) is 0 Å². The van der Waals surface area contributed by atoms with Crippen molar-refractivity contribution >= 4 is 28.8 Å². The van der Waals surface area contributed by atoms with Crippen LogP contribution in [-0.4, -0.2) is 27.0 Å². The monoisotopic (exact) mass is 336 g/mol. The Bertz CT molecular complexity index is 967. The molecule has 2 heterocycles. The molecule has 2 aromatic heterocycles. The van der Waals surface area contributed by atoms with E-state index >= 15 is 0 Å². The van der Waals surface area contributed by atoms with Gasteiger partial charge in [0.1, 0.15) is 5.69 Å². The van der Waals surface area contributed by atoms with Crippen LogP contribution in [0.4, 0.5) is 5.69 Å². The van der Waals surface area contributed by atoms with Crippen LogP contribution in [-0.2, 0) is 11.8 Å². The lowest BCUT2D eigenvalue weighted by Gasteiger charge is -2.17. The molecule has 128 valence electrons. The number of hydrogen-bond donors (Lipinski definition) is 1. The molecule has 3 aromatic rings. The van der Waals surface area contributed by atoms with Crippen LogP contribution in [0.2, 0.25) is 0 Å². The molecule has 3 rings (SSSR count). The van der Waals surface area contributed by atoms with Crippen LogP contribution >= 0.6 is 0 Å². The van der Waals surface area contributed by atoms with E-state index in [0.29, 0.717) is 11.4 Å². The predicted molar refractivity (Wildman–Crippen MR) is 97.4 cm³/mol. The molecule has 0 aliphatic rings. The van der Waals surface area contributed by atoms with Gasteiger partial charge in [-0.3, -0.25) is 19.3 Å². The Labute approximate surface area is 145 Å². The number of aromatic nitrogens is 3. The Hall–Kier alpha value is -3.02. The average molecular weight is 336 g/mol. The first-order valence-corrected chi connectivity index (χ1v) is 7.98. The summed E-state index contributed by atoms with van der Waals surface area (Å²) < 4.78 is 1.68. The van der Waals surface area contributed by atoms with Crippen LogP contribution in [0.25, 0.3) is 22.0 Å². The van der Waals surface area contributed by atoms with Gasteiger partial charge in [-0.05, 0) is 23.8 Å². The van der Waals surface area contributed by atoms with Gasteiger partial charge in [0.25, 0.3) is 0 Å². The van der Waals surface area contributed by atoms with Gasteiger partial charge in [-0.15, -0.1) is 0 Å². The molecule has 0 atom stereocenters. The number of carbonyl (C=O) groups is 2. The van der Waals surface area contributed by atoms with Crippen LogP contribution in [0.15, 0.2) is 36.7 Å². The Morgan fingerprint density at radius 3 is 2.60 bits per heavy atom. The summed E-state index contributed by atoms with van der Waals surface area (Å²) in [5.74, 6) is -0.0718. The molecular weight excluding hydrogens is 316 g/mol. The van der Waals surface area contributed by atoms with E-state index in [-0.39, 0.29) is 5.91 Å². The van der Waals surface area contributed by atoms with Crippen molar-refractivity contribution in [1.82, 2.24) is 14.8 Å². The van der Waals surface area contributed by atoms with Crippen molar-refractivity contribution in [3.05, 3.63) is 42.4 Å². The fraction of sp³-hybridized carbons (Fsp3) is 0.263. The predicted octanol–water partition coefficient (Wildman–Crippen LogP) is 3.43. The van der Waals surface area contributed by atoms with Gasteiger partial charge in [0.2, 0.25) is 5.91 Å². The number of nitrogens with zero attached hydrogens (tertiary/aromatic N) is 3. The summed E-state index contributed by atoms with van der Waals surface area (Å²) in [6, 6.07) is 7.66. The summed E-state index contributed by atoms with van der Waals surface area (Å²) >= 11 is 0. The number of aldehydes is 1. The summed E-state index contributed by atoms with van der Waals surface area (Å²) in [5.41, 5.74) is 3.21. The molecule has 0 saturated heterocycles. The number of rotatable bonds is 3. The maximum atomic E-state index is 12.2. The second-order valence-corrected chi connectivity index (χ2v) is 7.03. The van der Waals surface area contributed by atoms with E-state index in [4.69, 9.17) is 0 Å². The van der Waals surface area contributed by atoms with E-state index in [1.54, 1.807) is 24.1 Å². The first kappa shape index (κ1) is 16.8. The molecule has 1 aromatic carbocycles. The largest absolute Gasteiger partial charge is 0.324 e. The average Bonchev–Trinajstić information content (AvgIpc) is 2.90. The number of benzene rings is 1. The number of anilines is 1. The third-order valence-electron chi connectivity index (χ3n) is 4.00. The lowest BCUT2D eigenvalue weighted by molar-refractivity contribution is -0.123. The molecular formula is C19H20N4O2. The summed E-state index contributed by atoms with van der Waals surface area (Å²) in [7, 11) is 1.80. The van der Waals surface area contributed by atoms with Gasteiger partial charge >= 0.3 is 0 Å². The van der Waals surface area contributed by atoms with E-state index in [2.05, 4.69) is 15.4 Å². The number of aryl methyl sites for hydroxylation is 1. The SMILES string of the molecule is Cn1nc(C=O)c2cc(-c3cncc(NC(=O)C(C)(C)C)c3)ccc21. The topological polar surface area (TPSA) is 76.9 Å². The maximum Gasteiger partial charge on any atom is 0.229 e. The van der Waals surface area contributed by atoms with Crippen molar-refractivity contribution in [1.29, 1.82) is 0 Å². The molecule has 0 radical (unpaired) electrons. The zero-order valence-corrected chi connectivity index (χ0v) is 14.7. The van der Waals surface area contributed by atoms with E-state index in [9.17, 15) is 9.59 Å². The second kappa shape index (κ2) is 6.12. The number of amides is 1. The van der Waals surface area contributed by atoms with Gasteiger partial charge < -0.3 is 5.32 Å². The van der Waals surface area contributed by atoms with Gasteiger partial charge in [-0.1, -0.05) is 26.8 Å². The van der Waals surface area contributed by atoms with E-state index in [1.807, 2.05) is 45.0 Å². The fourth-order valence-electron chi connectivity index (χ4n) is 2.54. The molecule has 1 N–H and O–H groups in total. The highest BCUT2D eigenvalue weighted by Gasteiger charge is 2.21. The van der Waals surface area contributed by atoms with Gasteiger partial charge in [0.15, 0.2) is 6.29 Å². The van der Waals surface area contributed by atoms with Gasteiger partial charge in [-0.25, -0.2) is 0 Å². The maximum absolute atomic E-state index is 12.2. The molecule has 0 unspecified atom stereocenters. The lowest BCUT2D eigenvalue weighted by Crippen LogP contribution is -2.27. The minimum Gasteiger partial charge on any atom is -0.324 e. The van der Waals surface area contributed by atoms with Crippen LogP contribution in [0, 0.1) is 5.41 Å². The summed E-state index contributed by atoms with van der Waals surface area (Å²) in [5, 5.41) is 7.88. The van der Waals surface area contributed by atoms with Gasteiger partial charge in [0.05, 0.1) is 17.4 Å². The number of pyridine rings is 1. The molecule has 25 heavy (non-hydrogen) atoms. The highest BCUT2D eigenvalue weighted by atomic mass is 16.2. The lowest BCUT2D eigenvalue weighted by atomic mass is 9.95. The number of hydrogen-bond acceptors (Lipinski definition) is 4. The van der Waals surface area contributed by atoms with E-state index in [0.717, 1.165) is 28.3 Å². The Morgan fingerprint density at radius 1 is 1.16 bits per heavy atom.